The van der Waals surface area contributed by atoms with Gasteiger partial charge in [0.2, 0.25) is 0 Å². The van der Waals surface area contributed by atoms with Gasteiger partial charge in [-0.2, -0.15) is 10.2 Å². The van der Waals surface area contributed by atoms with E-state index in [-0.39, 0.29) is 5.91 Å². The average molecular weight is 341 g/mol. The highest BCUT2D eigenvalue weighted by atomic mass is 16.5. The summed E-state index contributed by atoms with van der Waals surface area (Å²) in [6.45, 7) is -0.559. The fraction of sp³-hybridized carbons (Fsp3) is 0.294. The topological polar surface area (TPSA) is 120 Å². The summed E-state index contributed by atoms with van der Waals surface area (Å²) >= 11 is 0. The number of H-pyrrole nitrogens is 1. The molecule has 0 saturated heterocycles. The number of aromatic nitrogens is 2. The summed E-state index contributed by atoms with van der Waals surface area (Å²) in [7, 11) is 0. The maximum absolute atomic E-state index is 12.2. The molecule has 0 aliphatic heterocycles. The van der Waals surface area contributed by atoms with Gasteiger partial charge in [0.1, 0.15) is 12.4 Å². The number of benzene rings is 1. The van der Waals surface area contributed by atoms with Crippen molar-refractivity contribution in [3.05, 3.63) is 46.8 Å². The van der Waals surface area contributed by atoms with Crippen molar-refractivity contribution in [1.29, 1.82) is 0 Å². The Morgan fingerprint density at radius 3 is 2.96 bits per heavy atom. The third-order valence-electron chi connectivity index (χ3n) is 3.91. The van der Waals surface area contributed by atoms with Crippen LogP contribution in [0.1, 0.15) is 40.2 Å². The minimum Gasteiger partial charge on any atom is -0.546 e. The predicted octanol–water partition coefficient (Wildman–Crippen LogP) is 0.181. The Morgan fingerprint density at radius 1 is 1.32 bits per heavy atom. The summed E-state index contributed by atoms with van der Waals surface area (Å²) in [6.07, 6.45) is 5.26. The Bertz CT molecular complexity index is 813. The number of para-hydroxylation sites is 1. The molecule has 0 bridgehead atoms. The highest BCUT2D eigenvalue weighted by Crippen LogP contribution is 2.22. The highest BCUT2D eigenvalue weighted by Gasteiger charge is 2.21. The molecule has 0 unspecified atom stereocenters. The van der Waals surface area contributed by atoms with Gasteiger partial charge in [-0.25, -0.2) is 5.43 Å². The van der Waals surface area contributed by atoms with Gasteiger partial charge in [-0.15, -0.1) is 0 Å². The summed E-state index contributed by atoms with van der Waals surface area (Å²) in [5.41, 5.74) is 5.31. The van der Waals surface area contributed by atoms with Crippen LogP contribution in [0.15, 0.2) is 29.4 Å². The van der Waals surface area contributed by atoms with Crippen LogP contribution in [0.5, 0.6) is 5.75 Å². The van der Waals surface area contributed by atoms with Crippen LogP contribution in [0.25, 0.3) is 0 Å². The van der Waals surface area contributed by atoms with Crippen LogP contribution in [0.4, 0.5) is 0 Å². The number of carbonyl (C=O) groups excluding carboxylic acids is 2. The van der Waals surface area contributed by atoms with Gasteiger partial charge < -0.3 is 14.6 Å². The molecular formula is C17H17N4O4-. The van der Waals surface area contributed by atoms with E-state index in [2.05, 4.69) is 20.7 Å². The molecule has 8 heteroatoms. The number of hydrogen-bond donors (Lipinski definition) is 2. The van der Waals surface area contributed by atoms with Gasteiger partial charge >= 0.3 is 0 Å². The summed E-state index contributed by atoms with van der Waals surface area (Å²) < 4.78 is 5.12. The van der Waals surface area contributed by atoms with E-state index in [0.29, 0.717) is 17.0 Å². The van der Waals surface area contributed by atoms with Gasteiger partial charge in [0.05, 0.1) is 12.2 Å². The quantitative estimate of drug-likeness (QED) is 0.574. The van der Waals surface area contributed by atoms with Crippen molar-refractivity contribution in [2.45, 2.75) is 25.7 Å². The molecule has 3 rings (SSSR count). The Hall–Kier alpha value is -3.16. The van der Waals surface area contributed by atoms with E-state index in [9.17, 15) is 14.7 Å². The first-order valence-electron chi connectivity index (χ1n) is 7.96. The smallest absolute Gasteiger partial charge is 0.292 e. The number of hydrogen-bond acceptors (Lipinski definition) is 6. The molecule has 25 heavy (non-hydrogen) atoms. The van der Waals surface area contributed by atoms with E-state index >= 15 is 0 Å². The largest absolute Gasteiger partial charge is 0.546 e. The van der Waals surface area contributed by atoms with E-state index in [1.807, 2.05) is 0 Å². The second kappa shape index (κ2) is 7.61. The van der Waals surface area contributed by atoms with Gasteiger partial charge in [0.25, 0.3) is 5.91 Å². The van der Waals surface area contributed by atoms with Crippen molar-refractivity contribution >= 4 is 18.1 Å². The number of amides is 1. The normalized spacial score (nSPS) is 13.4. The molecule has 1 heterocycles. The molecule has 1 aliphatic carbocycles. The summed E-state index contributed by atoms with van der Waals surface area (Å²) in [5, 5.41) is 21.4. The highest BCUT2D eigenvalue weighted by molar-refractivity contribution is 5.95. The van der Waals surface area contributed by atoms with E-state index in [1.54, 1.807) is 24.3 Å². The van der Waals surface area contributed by atoms with E-state index in [0.717, 1.165) is 36.9 Å². The van der Waals surface area contributed by atoms with E-state index in [1.165, 1.54) is 6.21 Å². The van der Waals surface area contributed by atoms with Crippen LogP contribution in [-0.4, -0.2) is 34.9 Å². The molecule has 2 N–H and O–H groups in total. The number of hydrazone groups is 1. The van der Waals surface area contributed by atoms with Crippen LogP contribution in [0.3, 0.4) is 0 Å². The summed E-state index contributed by atoms with van der Waals surface area (Å²) in [5.74, 6) is -1.37. The Balaban J connectivity index is 1.66. The second-order valence-corrected chi connectivity index (χ2v) is 5.63. The Morgan fingerprint density at radius 2 is 2.12 bits per heavy atom. The Labute approximate surface area is 143 Å². The fourth-order valence-electron chi connectivity index (χ4n) is 2.74. The number of carboxylic acid groups (broad SMARTS) is 1. The molecule has 130 valence electrons. The van der Waals surface area contributed by atoms with Crippen LogP contribution >= 0.6 is 0 Å². The first kappa shape index (κ1) is 16.7. The molecule has 0 spiro atoms. The zero-order chi connectivity index (χ0) is 17.6. The number of fused-ring (bicyclic) bond motifs is 1. The molecule has 8 nitrogen and oxygen atoms in total. The van der Waals surface area contributed by atoms with Crippen molar-refractivity contribution in [2.24, 2.45) is 5.10 Å². The number of nitrogens with zero attached hydrogens (tertiary/aromatic N) is 2. The summed E-state index contributed by atoms with van der Waals surface area (Å²) in [6, 6.07) is 6.75. The number of rotatable bonds is 6. The van der Waals surface area contributed by atoms with Gasteiger partial charge in [-0.1, -0.05) is 12.1 Å². The average Bonchev–Trinajstić information content (AvgIpc) is 3.05. The first-order valence-corrected chi connectivity index (χ1v) is 7.96. The summed E-state index contributed by atoms with van der Waals surface area (Å²) in [4.78, 5) is 22.7. The van der Waals surface area contributed by atoms with Gasteiger partial charge in [-0.05, 0) is 37.8 Å². The molecule has 1 aromatic heterocycles. The van der Waals surface area contributed by atoms with Crippen LogP contribution in [0.2, 0.25) is 0 Å². The zero-order valence-electron chi connectivity index (χ0n) is 13.4. The van der Waals surface area contributed by atoms with Crippen molar-refractivity contribution < 1.29 is 19.4 Å². The number of aliphatic carboxylic acids is 1. The monoisotopic (exact) mass is 341 g/mol. The lowest BCUT2D eigenvalue weighted by Crippen LogP contribution is -2.29. The lowest BCUT2D eigenvalue weighted by Gasteiger charge is -2.10. The number of aryl methyl sites for hydroxylation is 1. The van der Waals surface area contributed by atoms with E-state index in [4.69, 9.17) is 4.74 Å². The van der Waals surface area contributed by atoms with Crippen LogP contribution < -0.4 is 15.3 Å². The molecule has 1 amide bonds. The van der Waals surface area contributed by atoms with Gasteiger partial charge in [0, 0.05) is 16.8 Å². The molecule has 0 atom stereocenters. The molecule has 2 aromatic rings. The van der Waals surface area contributed by atoms with Crippen LogP contribution in [0, 0.1) is 0 Å². The number of nitrogens with one attached hydrogen (secondary N) is 2. The molecule has 1 aliphatic rings. The fourth-order valence-corrected chi connectivity index (χ4v) is 2.74. The maximum Gasteiger partial charge on any atom is 0.292 e. The van der Waals surface area contributed by atoms with E-state index < -0.39 is 12.6 Å². The van der Waals surface area contributed by atoms with Gasteiger partial charge in [0.15, 0.2) is 5.69 Å². The lowest BCUT2D eigenvalue weighted by atomic mass is 9.96. The van der Waals surface area contributed by atoms with Crippen molar-refractivity contribution in [3.8, 4) is 5.75 Å². The standard InChI is InChI=1S/C17H18N4O4/c22-15(23)10-25-14-8-4-1-5-11(14)9-18-21-17(24)16-12-6-2-3-7-13(12)19-20-16/h1,4-5,8-9H,2-3,6-7,10H2,(H,19,20)(H,21,24)(H,22,23)/p-1. The van der Waals surface area contributed by atoms with Crippen LogP contribution in [-0.2, 0) is 17.6 Å². The molecular weight excluding hydrogens is 324 g/mol. The number of carboxylic acids is 1. The van der Waals surface area contributed by atoms with Crippen molar-refractivity contribution in [3.63, 3.8) is 0 Å². The Kier molecular flexibility index (Phi) is 5.08. The molecule has 0 saturated carbocycles. The second-order valence-electron chi connectivity index (χ2n) is 5.63. The number of carbonyl (C=O) groups is 2. The SMILES string of the molecule is O=C([O-])COc1ccccc1C=NNC(=O)c1n[nH]c2c1CCCC2. The maximum atomic E-state index is 12.2. The molecule has 0 radical (unpaired) electrons. The van der Waals surface area contributed by atoms with Gasteiger partial charge in [-0.3, -0.25) is 9.89 Å². The third-order valence-corrected chi connectivity index (χ3v) is 3.91. The first-order chi connectivity index (χ1) is 12.1. The lowest BCUT2D eigenvalue weighted by molar-refractivity contribution is -0.307. The predicted molar refractivity (Wildman–Crippen MR) is 87.2 cm³/mol. The van der Waals surface area contributed by atoms with Crippen molar-refractivity contribution in [1.82, 2.24) is 15.6 Å². The minimum absolute atomic E-state index is 0.335. The number of ether oxygens (including phenoxy) is 1. The third kappa shape index (κ3) is 4.03. The van der Waals surface area contributed by atoms with Crippen molar-refractivity contribution in [2.75, 3.05) is 6.61 Å². The minimum atomic E-state index is -1.32. The molecule has 0 fully saturated rings. The number of aromatic amines is 1. The zero-order valence-corrected chi connectivity index (χ0v) is 13.4. The molecule has 1 aromatic carbocycles.